The van der Waals surface area contributed by atoms with Crippen LogP contribution < -0.4 is 9.47 Å². The number of hydrogen-bond acceptors (Lipinski definition) is 8. The molecule has 2 bridgehead atoms. The Labute approximate surface area is 269 Å². The number of nitrogens with zero attached hydrogens (tertiary/aromatic N) is 3. The molecule has 2 aromatic rings. The number of methoxy groups -OCH3 is 2. The molecule has 1 aliphatic carbocycles. The van der Waals surface area contributed by atoms with Gasteiger partial charge in [0.1, 0.15) is 17.1 Å². The van der Waals surface area contributed by atoms with Crippen molar-refractivity contribution in [2.45, 2.75) is 74.8 Å². The van der Waals surface area contributed by atoms with Crippen molar-refractivity contribution < 1.29 is 27.4 Å². The first-order valence-corrected chi connectivity index (χ1v) is 17.9. The number of aryl methyl sites for hydroxylation is 1. The first-order valence-electron chi connectivity index (χ1n) is 16.4. The second-order valence-electron chi connectivity index (χ2n) is 14.2. The fourth-order valence-electron chi connectivity index (χ4n) is 9.06. The molecule has 3 aliphatic heterocycles. The van der Waals surface area contributed by atoms with Gasteiger partial charge in [0.25, 0.3) is 0 Å². The molecule has 1 saturated carbocycles. The van der Waals surface area contributed by atoms with Crippen LogP contribution in [0.4, 0.5) is 0 Å². The van der Waals surface area contributed by atoms with Gasteiger partial charge in [0.05, 0.1) is 31.3 Å². The lowest BCUT2D eigenvalue weighted by atomic mass is 9.59. The van der Waals surface area contributed by atoms with E-state index >= 15 is 0 Å². The SMILES string of the molecule is COc1cc(CN2C[C@H]3O[C@]4(C2)CN(S(=O)(=O)c2ccc(C)cc2)[C@]2(C(C)C)CC[C@H](OCCCN(C)C)[C@H]3[C@H]42)cc(OC)c1. The van der Waals surface area contributed by atoms with Gasteiger partial charge in [-0.15, -0.1) is 0 Å². The first kappa shape index (κ1) is 32.7. The largest absolute Gasteiger partial charge is 0.497 e. The molecule has 0 radical (unpaired) electrons. The molecule has 0 unspecified atom stereocenters. The van der Waals surface area contributed by atoms with Crippen molar-refractivity contribution in [1.29, 1.82) is 0 Å². The summed E-state index contributed by atoms with van der Waals surface area (Å²) >= 11 is 0. The molecule has 3 saturated heterocycles. The molecular weight excluding hydrogens is 590 g/mol. The molecular formula is C35H51N3O6S. The third-order valence-electron chi connectivity index (χ3n) is 10.9. The molecule has 1 spiro atoms. The van der Waals surface area contributed by atoms with Gasteiger partial charge >= 0.3 is 0 Å². The van der Waals surface area contributed by atoms with E-state index < -0.39 is 21.2 Å². The van der Waals surface area contributed by atoms with Crippen molar-refractivity contribution in [2.24, 2.45) is 17.8 Å². The maximum Gasteiger partial charge on any atom is 0.243 e. The van der Waals surface area contributed by atoms with Crippen LogP contribution in [0.1, 0.15) is 44.2 Å². The summed E-state index contributed by atoms with van der Waals surface area (Å²) in [6, 6.07) is 13.3. The quantitative estimate of drug-likeness (QED) is 0.315. The number of benzene rings is 2. The van der Waals surface area contributed by atoms with Gasteiger partial charge in [-0.1, -0.05) is 31.5 Å². The van der Waals surface area contributed by atoms with Crippen LogP contribution in [0.3, 0.4) is 0 Å². The molecule has 45 heavy (non-hydrogen) atoms. The standard InChI is InChI=1S/C35H51N3O6S/c1-24(2)35-14-13-30(43-16-8-15-36(4)5)32-31-21-37(20-26-17-27(41-6)19-28(18-26)42-7)22-34(44-31,33(32)35)23-38(35)45(39,40)29-11-9-25(3)10-12-29/h9-12,17-19,24,30-33H,8,13-16,20-23H2,1-7H3/t30-,31+,32+,33+,34+,35-/m0/s1. The average molecular weight is 642 g/mol. The lowest BCUT2D eigenvalue weighted by molar-refractivity contribution is -0.123. The Morgan fingerprint density at radius 1 is 1.04 bits per heavy atom. The van der Waals surface area contributed by atoms with Crippen LogP contribution in [0.5, 0.6) is 11.5 Å². The van der Waals surface area contributed by atoms with Crippen LogP contribution in [0.15, 0.2) is 47.4 Å². The minimum absolute atomic E-state index is 0.0299. The molecule has 9 nitrogen and oxygen atoms in total. The maximum absolute atomic E-state index is 14.6. The molecule has 0 N–H and O–H groups in total. The Bertz CT molecular complexity index is 1440. The molecule has 248 valence electrons. The number of likely N-dealkylation sites (tertiary alicyclic amines) is 1. The van der Waals surface area contributed by atoms with Gasteiger partial charge in [0.15, 0.2) is 0 Å². The van der Waals surface area contributed by atoms with E-state index in [4.69, 9.17) is 18.9 Å². The van der Waals surface area contributed by atoms with Crippen LogP contribution in [-0.4, -0.2) is 107 Å². The Morgan fingerprint density at radius 3 is 2.36 bits per heavy atom. The summed E-state index contributed by atoms with van der Waals surface area (Å²) in [5.41, 5.74) is 0.965. The van der Waals surface area contributed by atoms with Gasteiger partial charge in [-0.3, -0.25) is 4.90 Å². The van der Waals surface area contributed by atoms with Crippen molar-refractivity contribution in [2.75, 3.05) is 61.1 Å². The van der Waals surface area contributed by atoms with E-state index in [1.54, 1.807) is 26.4 Å². The second kappa shape index (κ2) is 12.4. The predicted octanol–water partition coefficient (Wildman–Crippen LogP) is 4.43. The molecule has 0 aromatic heterocycles. The number of rotatable bonds is 12. The average Bonchev–Trinajstić information content (AvgIpc) is 3.42. The van der Waals surface area contributed by atoms with Gasteiger partial charge in [-0.05, 0) is 82.6 Å². The highest BCUT2D eigenvalue weighted by Crippen LogP contribution is 2.64. The number of sulfonamides is 1. The summed E-state index contributed by atoms with van der Waals surface area (Å²) in [5.74, 6) is 1.77. The van der Waals surface area contributed by atoms with Gasteiger partial charge < -0.3 is 23.8 Å². The maximum atomic E-state index is 14.6. The van der Waals surface area contributed by atoms with Crippen molar-refractivity contribution in [1.82, 2.24) is 14.1 Å². The number of morpholine rings is 1. The fraction of sp³-hybridized carbons (Fsp3) is 0.657. The lowest BCUT2D eigenvalue weighted by Gasteiger charge is -2.52. The van der Waals surface area contributed by atoms with Crippen LogP contribution >= 0.6 is 0 Å². The summed E-state index contributed by atoms with van der Waals surface area (Å²) < 4.78 is 56.0. The first-order chi connectivity index (χ1) is 21.4. The summed E-state index contributed by atoms with van der Waals surface area (Å²) in [4.78, 5) is 5.00. The third kappa shape index (κ3) is 5.69. The van der Waals surface area contributed by atoms with E-state index in [1.165, 1.54) is 0 Å². The Kier molecular flexibility index (Phi) is 9.04. The van der Waals surface area contributed by atoms with E-state index in [0.717, 1.165) is 55.0 Å². The second-order valence-corrected chi connectivity index (χ2v) is 16.1. The number of hydrogen-bond donors (Lipinski definition) is 0. The van der Waals surface area contributed by atoms with Crippen LogP contribution in [0, 0.1) is 24.7 Å². The Hall–Kier alpha value is -2.21. The van der Waals surface area contributed by atoms with Crippen LogP contribution in [0.25, 0.3) is 0 Å². The summed E-state index contributed by atoms with van der Waals surface area (Å²) in [5, 5.41) is 0. The minimum atomic E-state index is -3.78. The van der Waals surface area contributed by atoms with E-state index in [-0.39, 0.29) is 30.0 Å². The van der Waals surface area contributed by atoms with Gasteiger partial charge in [0, 0.05) is 56.2 Å². The highest BCUT2D eigenvalue weighted by Gasteiger charge is 2.76. The van der Waals surface area contributed by atoms with E-state index in [2.05, 4.69) is 49.9 Å². The molecule has 0 amide bonds. The van der Waals surface area contributed by atoms with E-state index in [9.17, 15) is 8.42 Å². The topological polar surface area (TPSA) is 80.8 Å². The van der Waals surface area contributed by atoms with E-state index in [0.29, 0.717) is 31.1 Å². The molecule has 3 heterocycles. The van der Waals surface area contributed by atoms with Gasteiger partial charge in [-0.2, -0.15) is 4.31 Å². The van der Waals surface area contributed by atoms with Crippen molar-refractivity contribution >= 4 is 10.0 Å². The van der Waals surface area contributed by atoms with Crippen molar-refractivity contribution in [3.05, 3.63) is 53.6 Å². The molecule has 4 fully saturated rings. The Morgan fingerprint density at radius 2 is 1.73 bits per heavy atom. The predicted molar refractivity (Wildman–Crippen MR) is 174 cm³/mol. The zero-order chi connectivity index (χ0) is 32.1. The lowest BCUT2D eigenvalue weighted by Crippen LogP contribution is -2.61. The van der Waals surface area contributed by atoms with Crippen LogP contribution in [0.2, 0.25) is 0 Å². The zero-order valence-corrected chi connectivity index (χ0v) is 28.8. The van der Waals surface area contributed by atoms with E-state index in [1.807, 2.05) is 29.4 Å². The minimum Gasteiger partial charge on any atom is -0.497 e. The normalized spacial score (nSPS) is 31.5. The van der Waals surface area contributed by atoms with Crippen molar-refractivity contribution in [3.8, 4) is 11.5 Å². The van der Waals surface area contributed by atoms with Crippen LogP contribution in [-0.2, 0) is 26.0 Å². The number of ether oxygens (including phenoxy) is 4. The Balaban J connectivity index is 1.38. The summed E-state index contributed by atoms with van der Waals surface area (Å²) in [7, 11) is 3.73. The van der Waals surface area contributed by atoms with Gasteiger partial charge in [-0.25, -0.2) is 8.42 Å². The van der Waals surface area contributed by atoms with Gasteiger partial charge in [0.2, 0.25) is 10.0 Å². The molecule has 6 atom stereocenters. The highest BCUT2D eigenvalue weighted by molar-refractivity contribution is 7.89. The summed E-state index contributed by atoms with van der Waals surface area (Å²) in [6.45, 7) is 10.5. The molecule has 10 heteroatoms. The summed E-state index contributed by atoms with van der Waals surface area (Å²) in [6.07, 6.45) is 2.56. The zero-order valence-electron chi connectivity index (χ0n) is 28.0. The fourth-order valence-corrected chi connectivity index (χ4v) is 11.0. The molecule has 4 aliphatic rings. The number of fused-ring (bicyclic) bond motifs is 2. The molecule has 6 rings (SSSR count). The highest BCUT2D eigenvalue weighted by atomic mass is 32.2. The third-order valence-corrected chi connectivity index (χ3v) is 12.8. The monoisotopic (exact) mass is 641 g/mol. The smallest absolute Gasteiger partial charge is 0.243 e. The molecule has 2 aromatic carbocycles. The van der Waals surface area contributed by atoms with Crippen molar-refractivity contribution in [3.63, 3.8) is 0 Å².